The number of Topliss-reactive ketones (excluding diaryl/α,β-unsaturated/α-hetero) is 1. The predicted molar refractivity (Wildman–Crippen MR) is 141 cm³/mol. The van der Waals surface area contributed by atoms with Gasteiger partial charge in [-0.2, -0.15) is 0 Å². The first-order valence-electron chi connectivity index (χ1n) is 11.9. The second-order valence-electron chi connectivity index (χ2n) is 8.36. The first-order valence-corrected chi connectivity index (χ1v) is 12.3. The highest BCUT2D eigenvalue weighted by molar-refractivity contribution is 6.46. The molecule has 4 rings (SSSR count). The molecule has 3 aromatic carbocycles. The molecule has 1 atom stereocenters. The molecular formula is C29H28ClNO6. The summed E-state index contributed by atoms with van der Waals surface area (Å²) in [7, 11) is 1.56. The molecule has 0 spiro atoms. The number of rotatable bonds is 9. The van der Waals surface area contributed by atoms with Crippen molar-refractivity contribution in [3.63, 3.8) is 0 Å². The lowest BCUT2D eigenvalue weighted by Crippen LogP contribution is -2.29. The van der Waals surface area contributed by atoms with E-state index >= 15 is 0 Å². The van der Waals surface area contributed by atoms with Gasteiger partial charge in [-0.15, -0.1) is 0 Å². The van der Waals surface area contributed by atoms with E-state index in [0.29, 0.717) is 46.6 Å². The first-order chi connectivity index (χ1) is 17.9. The summed E-state index contributed by atoms with van der Waals surface area (Å²) in [6, 6.07) is 18.3. The standard InChI is InChI=1S/C29H28ClNO6/c1-4-36-22-11-6-18(7-12-22)17-31-26(19-8-13-21(35-3)14-9-19)25(28(33)29(31)34)27(32)20-10-15-23(30)24(16-20)37-5-2/h6-16,26,32H,4-5,17H2,1-3H3/b27-25-. The van der Waals surface area contributed by atoms with E-state index in [4.69, 9.17) is 25.8 Å². The van der Waals surface area contributed by atoms with Crippen molar-refractivity contribution in [2.24, 2.45) is 0 Å². The number of carbonyl (C=O) groups is 2. The predicted octanol–water partition coefficient (Wildman–Crippen LogP) is 5.77. The van der Waals surface area contributed by atoms with Crippen molar-refractivity contribution in [1.82, 2.24) is 4.90 Å². The van der Waals surface area contributed by atoms with Crippen molar-refractivity contribution in [3.8, 4) is 17.2 Å². The Morgan fingerprint density at radius 2 is 1.57 bits per heavy atom. The van der Waals surface area contributed by atoms with Gasteiger partial charge in [0.1, 0.15) is 23.0 Å². The van der Waals surface area contributed by atoms with E-state index in [0.717, 1.165) is 5.56 Å². The molecule has 1 heterocycles. The molecule has 192 valence electrons. The molecule has 1 aliphatic heterocycles. The molecule has 8 heteroatoms. The molecule has 1 saturated heterocycles. The molecule has 1 unspecified atom stereocenters. The van der Waals surface area contributed by atoms with Crippen LogP contribution in [0.25, 0.3) is 5.76 Å². The highest BCUT2D eigenvalue weighted by Gasteiger charge is 2.46. The van der Waals surface area contributed by atoms with E-state index in [9.17, 15) is 14.7 Å². The quantitative estimate of drug-likeness (QED) is 0.219. The lowest BCUT2D eigenvalue weighted by molar-refractivity contribution is -0.140. The second kappa shape index (κ2) is 11.4. The molecule has 0 aromatic heterocycles. The number of likely N-dealkylation sites (tertiary alicyclic amines) is 1. The maximum atomic E-state index is 13.3. The normalized spacial score (nSPS) is 16.6. The molecule has 7 nitrogen and oxygen atoms in total. The Hall–Kier alpha value is -3.97. The summed E-state index contributed by atoms with van der Waals surface area (Å²) in [5.41, 5.74) is 1.79. The first kappa shape index (κ1) is 26.1. The van der Waals surface area contributed by atoms with E-state index in [1.54, 1.807) is 49.6 Å². The minimum Gasteiger partial charge on any atom is -0.507 e. The number of hydrogen-bond acceptors (Lipinski definition) is 6. The van der Waals surface area contributed by atoms with Gasteiger partial charge in [0.15, 0.2) is 0 Å². The van der Waals surface area contributed by atoms with Crippen LogP contribution in [0.4, 0.5) is 0 Å². The Morgan fingerprint density at radius 3 is 2.19 bits per heavy atom. The summed E-state index contributed by atoms with van der Waals surface area (Å²) in [5.74, 6) is -0.0460. The molecule has 0 bridgehead atoms. The summed E-state index contributed by atoms with van der Waals surface area (Å²) < 4.78 is 16.3. The van der Waals surface area contributed by atoms with Crippen LogP contribution in [-0.4, -0.2) is 42.0 Å². The number of carbonyl (C=O) groups excluding carboxylic acids is 2. The van der Waals surface area contributed by atoms with E-state index in [-0.39, 0.29) is 17.9 Å². The fraction of sp³-hybridized carbons (Fsp3) is 0.241. The minimum atomic E-state index is -0.816. The summed E-state index contributed by atoms with van der Waals surface area (Å²) in [5, 5.41) is 11.7. The number of halogens is 1. The smallest absolute Gasteiger partial charge is 0.295 e. The van der Waals surface area contributed by atoms with Gasteiger partial charge in [0.2, 0.25) is 0 Å². The third-order valence-corrected chi connectivity index (χ3v) is 6.38. The molecule has 0 aliphatic carbocycles. The zero-order valence-electron chi connectivity index (χ0n) is 20.9. The molecule has 1 aliphatic rings. The van der Waals surface area contributed by atoms with Crippen molar-refractivity contribution in [3.05, 3.63) is 94.0 Å². The third kappa shape index (κ3) is 5.42. The van der Waals surface area contributed by atoms with Gasteiger partial charge in [0, 0.05) is 12.1 Å². The van der Waals surface area contributed by atoms with Crippen LogP contribution in [0.3, 0.4) is 0 Å². The van der Waals surface area contributed by atoms with Gasteiger partial charge in [0.25, 0.3) is 11.7 Å². The van der Waals surface area contributed by atoms with Crippen LogP contribution < -0.4 is 14.2 Å². The molecule has 1 N–H and O–H groups in total. The van der Waals surface area contributed by atoms with Crippen LogP contribution in [0.5, 0.6) is 17.2 Å². The highest BCUT2D eigenvalue weighted by Crippen LogP contribution is 2.41. The Morgan fingerprint density at radius 1 is 0.919 bits per heavy atom. The molecule has 0 radical (unpaired) electrons. The monoisotopic (exact) mass is 521 g/mol. The van der Waals surface area contributed by atoms with Gasteiger partial charge in [-0.3, -0.25) is 9.59 Å². The molecule has 1 amide bonds. The number of amides is 1. The van der Waals surface area contributed by atoms with Crippen molar-refractivity contribution >= 4 is 29.1 Å². The number of methoxy groups -OCH3 is 1. The number of nitrogens with zero attached hydrogens (tertiary/aromatic N) is 1. The van der Waals surface area contributed by atoms with Crippen LogP contribution in [0.15, 0.2) is 72.3 Å². The van der Waals surface area contributed by atoms with Crippen LogP contribution in [0.1, 0.15) is 36.6 Å². The van der Waals surface area contributed by atoms with E-state index in [2.05, 4.69) is 0 Å². The Labute approximate surface area is 220 Å². The fourth-order valence-electron chi connectivity index (χ4n) is 4.30. The van der Waals surface area contributed by atoms with Gasteiger partial charge in [0.05, 0.1) is 37.0 Å². The zero-order chi connectivity index (χ0) is 26.5. The number of hydrogen-bond donors (Lipinski definition) is 1. The topological polar surface area (TPSA) is 85.3 Å². The van der Waals surface area contributed by atoms with Crippen LogP contribution >= 0.6 is 11.6 Å². The van der Waals surface area contributed by atoms with Gasteiger partial charge in [-0.25, -0.2) is 0 Å². The van der Waals surface area contributed by atoms with Crippen LogP contribution in [0, 0.1) is 0 Å². The molecule has 3 aromatic rings. The van der Waals surface area contributed by atoms with E-state index in [1.807, 2.05) is 38.1 Å². The minimum absolute atomic E-state index is 0.00845. The number of benzene rings is 3. The van der Waals surface area contributed by atoms with Gasteiger partial charge in [-0.05, 0) is 67.4 Å². The van der Waals surface area contributed by atoms with E-state index in [1.165, 1.54) is 4.90 Å². The Bertz CT molecular complexity index is 1320. The number of ketones is 1. The zero-order valence-corrected chi connectivity index (χ0v) is 21.6. The van der Waals surface area contributed by atoms with Crippen molar-refractivity contribution in [2.45, 2.75) is 26.4 Å². The summed E-state index contributed by atoms with van der Waals surface area (Å²) in [6.45, 7) is 4.80. The maximum Gasteiger partial charge on any atom is 0.295 e. The number of ether oxygens (including phenoxy) is 3. The lowest BCUT2D eigenvalue weighted by atomic mass is 9.95. The molecule has 1 fully saturated rings. The average molecular weight is 522 g/mol. The number of aliphatic hydroxyl groups is 1. The van der Waals surface area contributed by atoms with Crippen LogP contribution in [0.2, 0.25) is 5.02 Å². The van der Waals surface area contributed by atoms with Gasteiger partial charge >= 0.3 is 0 Å². The largest absolute Gasteiger partial charge is 0.507 e. The van der Waals surface area contributed by atoms with Gasteiger partial charge < -0.3 is 24.2 Å². The van der Waals surface area contributed by atoms with Crippen molar-refractivity contribution < 1.29 is 28.9 Å². The number of aliphatic hydroxyl groups excluding tert-OH is 1. The highest BCUT2D eigenvalue weighted by atomic mass is 35.5. The summed E-state index contributed by atoms with van der Waals surface area (Å²) in [4.78, 5) is 28.1. The Kier molecular flexibility index (Phi) is 8.04. The van der Waals surface area contributed by atoms with Gasteiger partial charge in [-0.1, -0.05) is 35.9 Å². The lowest BCUT2D eigenvalue weighted by Gasteiger charge is -2.25. The van der Waals surface area contributed by atoms with Crippen molar-refractivity contribution in [2.75, 3.05) is 20.3 Å². The van der Waals surface area contributed by atoms with Crippen LogP contribution in [-0.2, 0) is 16.1 Å². The Balaban J connectivity index is 1.80. The maximum absolute atomic E-state index is 13.3. The molecule has 0 saturated carbocycles. The fourth-order valence-corrected chi connectivity index (χ4v) is 4.47. The summed E-state index contributed by atoms with van der Waals surface area (Å²) >= 11 is 6.22. The third-order valence-electron chi connectivity index (χ3n) is 6.06. The molecular weight excluding hydrogens is 494 g/mol. The summed E-state index contributed by atoms with van der Waals surface area (Å²) in [6.07, 6.45) is 0. The SMILES string of the molecule is CCOc1ccc(CN2C(=O)C(=O)/C(=C(\O)c3ccc(Cl)c(OCC)c3)C2c2ccc(OC)cc2)cc1. The average Bonchev–Trinajstić information content (AvgIpc) is 3.16. The second-order valence-corrected chi connectivity index (χ2v) is 8.76. The van der Waals surface area contributed by atoms with Crippen molar-refractivity contribution in [1.29, 1.82) is 0 Å². The molecule has 37 heavy (non-hydrogen) atoms. The van der Waals surface area contributed by atoms with E-state index < -0.39 is 17.7 Å².